The third-order valence-corrected chi connectivity index (χ3v) is 6.90. The first-order chi connectivity index (χ1) is 16.3. The molecule has 4 rings (SSSR count). The molecule has 0 aliphatic rings. The van der Waals surface area contributed by atoms with Gasteiger partial charge in [-0.25, -0.2) is 4.39 Å². The molecule has 0 fully saturated rings. The molecule has 2 aromatic carbocycles. The average molecular weight is 478 g/mol. The monoisotopic (exact) mass is 477 g/mol. The van der Waals surface area contributed by atoms with Crippen molar-refractivity contribution in [2.45, 2.75) is 32.0 Å². The zero-order chi connectivity index (χ0) is 24.4. The van der Waals surface area contributed by atoms with Gasteiger partial charge in [-0.05, 0) is 77.3 Å². The van der Waals surface area contributed by atoms with Crippen LogP contribution < -0.4 is 0 Å². The van der Waals surface area contributed by atoms with Crippen molar-refractivity contribution in [1.82, 2.24) is 24.2 Å². The van der Waals surface area contributed by atoms with Crippen LogP contribution >= 0.6 is 11.8 Å². The van der Waals surface area contributed by atoms with E-state index in [1.54, 1.807) is 12.1 Å². The highest BCUT2D eigenvalue weighted by Crippen LogP contribution is 2.28. The van der Waals surface area contributed by atoms with Crippen LogP contribution in [0.15, 0.2) is 65.8 Å². The number of ketones is 1. The van der Waals surface area contributed by atoms with Gasteiger partial charge in [-0.3, -0.25) is 14.3 Å². The Bertz CT molecular complexity index is 1290. The van der Waals surface area contributed by atoms with E-state index in [0.29, 0.717) is 10.7 Å². The van der Waals surface area contributed by atoms with Gasteiger partial charge in [-0.1, -0.05) is 30.0 Å². The molecule has 176 valence electrons. The fourth-order valence-corrected chi connectivity index (χ4v) is 4.78. The fourth-order valence-electron chi connectivity index (χ4n) is 3.94. The molecule has 0 bridgehead atoms. The summed E-state index contributed by atoms with van der Waals surface area (Å²) in [5.74, 6) is 0.663. The molecule has 0 spiro atoms. The van der Waals surface area contributed by atoms with Crippen molar-refractivity contribution in [2.24, 2.45) is 0 Å². The molecule has 4 aromatic rings. The Balaban J connectivity index is 1.62. The molecule has 0 radical (unpaired) electrons. The molecule has 2 heterocycles. The number of benzene rings is 2. The highest BCUT2D eigenvalue weighted by Gasteiger charge is 2.23. The Morgan fingerprint density at radius 1 is 1.00 bits per heavy atom. The summed E-state index contributed by atoms with van der Waals surface area (Å²) in [6.45, 7) is 6.00. The summed E-state index contributed by atoms with van der Waals surface area (Å²) in [5.41, 5.74) is 4.41. The molecule has 0 aliphatic carbocycles. The predicted molar refractivity (Wildman–Crippen MR) is 134 cm³/mol. The molecule has 0 N–H and O–H groups in total. The van der Waals surface area contributed by atoms with E-state index in [2.05, 4.69) is 14.8 Å². The third-order valence-electron chi connectivity index (χ3n) is 5.97. The number of Topliss-reactive ketones (excluding diaryl/α,β-unsaturated/α-hetero) is 1. The van der Waals surface area contributed by atoms with Crippen molar-refractivity contribution in [2.75, 3.05) is 19.8 Å². The fraction of sp³-hybridized carbons (Fsp3) is 0.269. The standard InChI is InChI=1S/C26H28FN5OS/c1-17-15-23(18(2)31(17)21-9-7-6-8-10-21)24(33)16-34-26-29-28-25(19(3)30(4)5)32(26)22-13-11-20(27)12-14-22/h6-15,19H,16H2,1-5H3. The van der Waals surface area contributed by atoms with Gasteiger partial charge < -0.3 is 4.57 Å². The highest BCUT2D eigenvalue weighted by atomic mass is 32.2. The van der Waals surface area contributed by atoms with Gasteiger partial charge in [0, 0.05) is 28.3 Å². The summed E-state index contributed by atoms with van der Waals surface area (Å²) in [6, 6.07) is 18.2. The highest BCUT2D eigenvalue weighted by molar-refractivity contribution is 7.99. The molecule has 34 heavy (non-hydrogen) atoms. The van der Waals surface area contributed by atoms with E-state index < -0.39 is 0 Å². The predicted octanol–water partition coefficient (Wildman–Crippen LogP) is 5.41. The maximum Gasteiger partial charge on any atom is 0.196 e. The molecule has 0 saturated heterocycles. The smallest absolute Gasteiger partial charge is 0.196 e. The molecule has 2 aromatic heterocycles. The van der Waals surface area contributed by atoms with E-state index in [0.717, 1.165) is 28.6 Å². The first-order valence-electron chi connectivity index (χ1n) is 11.1. The van der Waals surface area contributed by atoms with Crippen molar-refractivity contribution >= 4 is 17.5 Å². The molecule has 0 aliphatic heterocycles. The lowest BCUT2D eigenvalue weighted by Crippen LogP contribution is -2.20. The largest absolute Gasteiger partial charge is 0.318 e. The van der Waals surface area contributed by atoms with Gasteiger partial charge in [0.1, 0.15) is 5.82 Å². The van der Waals surface area contributed by atoms with Crippen LogP contribution in [0.2, 0.25) is 0 Å². The molecule has 0 amide bonds. The van der Waals surface area contributed by atoms with Crippen LogP contribution in [0.5, 0.6) is 0 Å². The van der Waals surface area contributed by atoms with E-state index >= 15 is 0 Å². The Morgan fingerprint density at radius 3 is 2.29 bits per heavy atom. The molecule has 0 saturated carbocycles. The quantitative estimate of drug-likeness (QED) is 0.251. The zero-order valence-corrected chi connectivity index (χ0v) is 20.8. The molecule has 1 unspecified atom stereocenters. The minimum atomic E-state index is -0.308. The SMILES string of the molecule is Cc1cc(C(=O)CSc2nnc(C(C)N(C)C)n2-c2ccc(F)cc2)c(C)n1-c1ccccc1. The van der Waals surface area contributed by atoms with E-state index in [4.69, 9.17) is 0 Å². The number of aryl methyl sites for hydroxylation is 1. The second-order valence-electron chi connectivity index (χ2n) is 8.46. The van der Waals surface area contributed by atoms with Crippen LogP contribution in [0.4, 0.5) is 4.39 Å². The number of halogens is 1. The summed E-state index contributed by atoms with van der Waals surface area (Å²) >= 11 is 1.34. The van der Waals surface area contributed by atoms with Crippen molar-refractivity contribution in [3.63, 3.8) is 0 Å². The first-order valence-corrected chi connectivity index (χ1v) is 12.0. The molecule has 1 atom stereocenters. The van der Waals surface area contributed by atoms with Crippen LogP contribution in [0.3, 0.4) is 0 Å². The Hall–Kier alpha value is -3.23. The van der Waals surface area contributed by atoms with E-state index in [1.165, 1.54) is 23.9 Å². The van der Waals surface area contributed by atoms with E-state index in [9.17, 15) is 9.18 Å². The van der Waals surface area contributed by atoms with Crippen LogP contribution in [0.1, 0.15) is 40.5 Å². The third kappa shape index (κ3) is 4.69. The van der Waals surface area contributed by atoms with Gasteiger partial charge in [0.25, 0.3) is 0 Å². The molecule has 8 heteroatoms. The first kappa shape index (κ1) is 23.9. The second kappa shape index (κ2) is 9.95. The van der Waals surface area contributed by atoms with Crippen molar-refractivity contribution in [3.05, 3.63) is 89.3 Å². The number of thioether (sulfide) groups is 1. The Kier molecular flexibility index (Phi) is 7.00. The van der Waals surface area contributed by atoms with Gasteiger partial charge in [-0.2, -0.15) is 0 Å². The maximum atomic E-state index is 13.6. The maximum absolute atomic E-state index is 13.6. The van der Waals surface area contributed by atoms with Crippen molar-refractivity contribution < 1.29 is 9.18 Å². The number of carbonyl (C=O) groups excluding carboxylic acids is 1. The Labute approximate surface area is 203 Å². The number of hydrogen-bond donors (Lipinski definition) is 0. The average Bonchev–Trinajstić information content (AvgIpc) is 3.38. The van der Waals surface area contributed by atoms with Gasteiger partial charge in [-0.15, -0.1) is 10.2 Å². The van der Waals surface area contributed by atoms with Gasteiger partial charge >= 0.3 is 0 Å². The number of para-hydroxylation sites is 1. The minimum absolute atomic E-state index is 0.0209. The summed E-state index contributed by atoms with van der Waals surface area (Å²) in [7, 11) is 3.93. The summed E-state index contributed by atoms with van der Waals surface area (Å²) in [6.07, 6.45) is 0. The lowest BCUT2D eigenvalue weighted by Gasteiger charge is -2.20. The van der Waals surface area contributed by atoms with Crippen LogP contribution in [-0.2, 0) is 0 Å². The Morgan fingerprint density at radius 2 is 1.65 bits per heavy atom. The summed E-state index contributed by atoms with van der Waals surface area (Å²) in [5, 5.41) is 9.38. The lowest BCUT2D eigenvalue weighted by molar-refractivity contribution is 0.102. The van der Waals surface area contributed by atoms with Gasteiger partial charge in [0.2, 0.25) is 0 Å². The van der Waals surface area contributed by atoms with Crippen LogP contribution in [-0.4, -0.2) is 49.9 Å². The van der Waals surface area contributed by atoms with E-state index in [-0.39, 0.29) is 23.4 Å². The molecule has 6 nitrogen and oxygen atoms in total. The van der Waals surface area contributed by atoms with Crippen molar-refractivity contribution in [1.29, 1.82) is 0 Å². The molecular formula is C26H28FN5OS. The van der Waals surface area contributed by atoms with Gasteiger partial charge in [0.05, 0.1) is 11.8 Å². The zero-order valence-electron chi connectivity index (χ0n) is 20.0. The number of carbonyl (C=O) groups is 1. The number of hydrogen-bond acceptors (Lipinski definition) is 5. The topological polar surface area (TPSA) is 56.0 Å². The lowest BCUT2D eigenvalue weighted by atomic mass is 10.2. The van der Waals surface area contributed by atoms with Crippen LogP contribution in [0, 0.1) is 19.7 Å². The molecular weight excluding hydrogens is 449 g/mol. The van der Waals surface area contributed by atoms with Crippen molar-refractivity contribution in [3.8, 4) is 11.4 Å². The van der Waals surface area contributed by atoms with Gasteiger partial charge in [0.15, 0.2) is 16.8 Å². The normalized spacial score (nSPS) is 12.3. The van der Waals surface area contributed by atoms with E-state index in [1.807, 2.05) is 80.7 Å². The second-order valence-corrected chi connectivity index (χ2v) is 9.40. The minimum Gasteiger partial charge on any atom is -0.318 e. The van der Waals surface area contributed by atoms with Crippen LogP contribution in [0.25, 0.3) is 11.4 Å². The number of rotatable bonds is 8. The number of aromatic nitrogens is 4. The number of nitrogens with zero attached hydrogens (tertiary/aromatic N) is 5. The summed E-state index contributed by atoms with van der Waals surface area (Å²) < 4.78 is 17.5. The summed E-state index contributed by atoms with van der Waals surface area (Å²) in [4.78, 5) is 15.3.